The third kappa shape index (κ3) is 7.11. The lowest BCUT2D eigenvalue weighted by atomic mass is 10.2. The molecule has 0 atom stereocenters. The zero-order chi connectivity index (χ0) is 26.8. The van der Waals surface area contributed by atoms with Gasteiger partial charge in [0.05, 0.1) is 31.0 Å². The lowest BCUT2D eigenvalue weighted by molar-refractivity contribution is -0.119. The number of sulfonamides is 1. The van der Waals surface area contributed by atoms with Crippen LogP contribution in [0, 0.1) is 6.92 Å². The Morgan fingerprint density at radius 2 is 1.68 bits per heavy atom. The quantitative estimate of drug-likeness (QED) is 0.219. The second-order valence-corrected chi connectivity index (χ2v) is 9.69. The Morgan fingerprint density at radius 1 is 1.00 bits per heavy atom. The number of methoxy groups -OCH3 is 2. The molecule has 3 rings (SSSR count). The Labute approximate surface area is 217 Å². The third-order valence-electron chi connectivity index (χ3n) is 5.20. The second-order valence-electron chi connectivity index (χ2n) is 7.82. The molecule has 1 N–H and O–H groups in total. The number of nitrogens with zero attached hydrogens (tertiary/aromatic N) is 2. The molecule has 0 heterocycles. The SMILES string of the molecule is C=CCOc1ccc(/C=N\NC(=O)CN(c2ccc(OC)cc2OC)S(=O)(=O)c2ccc(C)cc2)cc1. The molecule has 0 fully saturated rings. The van der Waals surface area contributed by atoms with Gasteiger partial charge in [-0.25, -0.2) is 13.8 Å². The van der Waals surface area contributed by atoms with Crippen molar-refractivity contribution in [1.29, 1.82) is 0 Å². The molecule has 0 aliphatic carbocycles. The Balaban J connectivity index is 1.84. The molecule has 3 aromatic carbocycles. The standard InChI is InChI=1S/C27H29N3O6S/c1-5-16-36-22-10-8-21(9-11-22)18-28-29-27(31)19-30(25-15-12-23(34-3)17-26(25)35-4)37(32,33)24-13-6-20(2)7-14-24/h5-15,17-18H,1,16,19H2,2-4H3,(H,29,31)/b28-18-. The predicted octanol–water partition coefficient (Wildman–Crippen LogP) is 3.92. The minimum absolute atomic E-state index is 0.0334. The number of ether oxygens (including phenoxy) is 3. The molecule has 3 aromatic rings. The number of benzene rings is 3. The van der Waals surface area contributed by atoms with Crippen molar-refractivity contribution in [3.63, 3.8) is 0 Å². The van der Waals surface area contributed by atoms with Crippen LogP contribution in [0.25, 0.3) is 0 Å². The molecule has 0 aromatic heterocycles. The van der Waals surface area contributed by atoms with E-state index < -0.39 is 22.5 Å². The van der Waals surface area contributed by atoms with Gasteiger partial charge in [-0.15, -0.1) is 0 Å². The van der Waals surface area contributed by atoms with Crippen LogP contribution >= 0.6 is 0 Å². The Bertz CT molecular complexity index is 1350. The van der Waals surface area contributed by atoms with E-state index in [4.69, 9.17) is 14.2 Å². The average Bonchev–Trinajstić information content (AvgIpc) is 2.91. The number of hydrogen-bond donors (Lipinski definition) is 1. The van der Waals surface area contributed by atoms with Gasteiger partial charge in [-0.2, -0.15) is 5.10 Å². The maximum Gasteiger partial charge on any atom is 0.264 e. The maximum atomic E-state index is 13.6. The number of carbonyl (C=O) groups excluding carboxylic acids is 1. The number of hydrogen-bond acceptors (Lipinski definition) is 7. The molecule has 0 radical (unpaired) electrons. The van der Waals surface area contributed by atoms with Crippen LogP contribution in [0.4, 0.5) is 5.69 Å². The number of amides is 1. The summed E-state index contributed by atoms with van der Waals surface area (Å²) in [5.41, 5.74) is 4.18. The van der Waals surface area contributed by atoms with Crippen molar-refractivity contribution >= 4 is 27.8 Å². The summed E-state index contributed by atoms with van der Waals surface area (Å²) in [6.45, 7) is 5.31. The Hall–Kier alpha value is -4.31. The summed E-state index contributed by atoms with van der Waals surface area (Å²) in [7, 11) is -1.23. The molecular formula is C27H29N3O6S. The topological polar surface area (TPSA) is 107 Å². The molecule has 0 unspecified atom stereocenters. The fourth-order valence-electron chi connectivity index (χ4n) is 3.28. The van der Waals surface area contributed by atoms with Gasteiger partial charge in [0.15, 0.2) is 0 Å². The fraction of sp³-hybridized carbons (Fsp3) is 0.185. The van der Waals surface area contributed by atoms with Crippen LogP contribution in [0.15, 0.2) is 89.4 Å². The van der Waals surface area contributed by atoms with Crippen LogP contribution in [0.2, 0.25) is 0 Å². The first-order chi connectivity index (χ1) is 17.8. The van der Waals surface area contributed by atoms with Crippen molar-refractivity contribution in [2.75, 3.05) is 31.7 Å². The second kappa shape index (κ2) is 12.6. The highest BCUT2D eigenvalue weighted by Gasteiger charge is 2.29. The lowest BCUT2D eigenvalue weighted by Crippen LogP contribution is -2.39. The predicted molar refractivity (Wildman–Crippen MR) is 143 cm³/mol. The van der Waals surface area contributed by atoms with Crippen molar-refractivity contribution in [2.45, 2.75) is 11.8 Å². The molecule has 1 amide bonds. The minimum Gasteiger partial charge on any atom is -0.497 e. The highest BCUT2D eigenvalue weighted by Crippen LogP contribution is 2.35. The average molecular weight is 524 g/mol. The summed E-state index contributed by atoms with van der Waals surface area (Å²) >= 11 is 0. The zero-order valence-electron chi connectivity index (χ0n) is 20.9. The summed E-state index contributed by atoms with van der Waals surface area (Å²) in [5, 5.41) is 3.96. The molecule has 9 nitrogen and oxygen atoms in total. The van der Waals surface area contributed by atoms with Crippen LogP contribution in [0.1, 0.15) is 11.1 Å². The highest BCUT2D eigenvalue weighted by atomic mass is 32.2. The lowest BCUT2D eigenvalue weighted by Gasteiger charge is -2.25. The van der Waals surface area contributed by atoms with E-state index in [9.17, 15) is 13.2 Å². The van der Waals surface area contributed by atoms with E-state index in [1.54, 1.807) is 54.6 Å². The van der Waals surface area contributed by atoms with E-state index in [1.807, 2.05) is 6.92 Å². The van der Waals surface area contributed by atoms with Crippen LogP contribution in [0.5, 0.6) is 17.2 Å². The maximum absolute atomic E-state index is 13.6. The minimum atomic E-state index is -4.13. The van der Waals surface area contributed by atoms with Gasteiger partial charge >= 0.3 is 0 Å². The first-order valence-electron chi connectivity index (χ1n) is 11.3. The Kier molecular flexibility index (Phi) is 9.28. The van der Waals surface area contributed by atoms with Gasteiger partial charge in [-0.3, -0.25) is 9.10 Å². The van der Waals surface area contributed by atoms with Crippen molar-refractivity contribution in [2.24, 2.45) is 5.10 Å². The van der Waals surface area contributed by atoms with Crippen molar-refractivity contribution in [3.05, 3.63) is 90.5 Å². The molecular weight excluding hydrogens is 494 g/mol. The van der Waals surface area contributed by atoms with Crippen LogP contribution < -0.4 is 23.9 Å². The number of rotatable bonds is 12. The van der Waals surface area contributed by atoms with Crippen LogP contribution in [0.3, 0.4) is 0 Å². The van der Waals surface area contributed by atoms with E-state index in [2.05, 4.69) is 17.1 Å². The van der Waals surface area contributed by atoms with Gasteiger partial charge in [-0.05, 0) is 61.0 Å². The van der Waals surface area contributed by atoms with Crippen molar-refractivity contribution in [1.82, 2.24) is 5.43 Å². The number of hydrazone groups is 1. The highest BCUT2D eigenvalue weighted by molar-refractivity contribution is 7.92. The molecule has 37 heavy (non-hydrogen) atoms. The monoisotopic (exact) mass is 523 g/mol. The molecule has 194 valence electrons. The zero-order valence-corrected chi connectivity index (χ0v) is 21.7. The van der Waals surface area contributed by atoms with Crippen molar-refractivity contribution in [3.8, 4) is 17.2 Å². The van der Waals surface area contributed by atoms with Gasteiger partial charge in [0, 0.05) is 6.07 Å². The third-order valence-corrected chi connectivity index (χ3v) is 6.98. The van der Waals surface area contributed by atoms with Gasteiger partial charge in [-0.1, -0.05) is 30.4 Å². The Morgan fingerprint density at radius 3 is 2.30 bits per heavy atom. The molecule has 0 saturated heterocycles. The van der Waals surface area contributed by atoms with Crippen LogP contribution in [-0.2, 0) is 14.8 Å². The summed E-state index contributed by atoms with van der Waals surface area (Å²) < 4.78 is 44.3. The van der Waals surface area contributed by atoms with Gasteiger partial charge in [0.25, 0.3) is 15.9 Å². The summed E-state index contributed by atoms with van der Waals surface area (Å²) in [5.74, 6) is 0.732. The number of aryl methyl sites for hydroxylation is 1. The van der Waals surface area contributed by atoms with E-state index in [0.29, 0.717) is 23.7 Å². The molecule has 0 aliphatic heterocycles. The molecule has 10 heteroatoms. The van der Waals surface area contributed by atoms with E-state index >= 15 is 0 Å². The molecule has 0 spiro atoms. The number of anilines is 1. The number of carbonyl (C=O) groups is 1. The normalized spacial score (nSPS) is 11.1. The van der Waals surface area contributed by atoms with E-state index in [-0.39, 0.29) is 16.3 Å². The smallest absolute Gasteiger partial charge is 0.264 e. The van der Waals surface area contributed by atoms with E-state index in [1.165, 1.54) is 38.6 Å². The van der Waals surface area contributed by atoms with Gasteiger partial charge < -0.3 is 14.2 Å². The fourth-order valence-corrected chi connectivity index (χ4v) is 4.71. The molecule has 0 aliphatic rings. The largest absolute Gasteiger partial charge is 0.497 e. The summed E-state index contributed by atoms with van der Waals surface area (Å²) in [6.07, 6.45) is 3.09. The molecule has 0 saturated carbocycles. The van der Waals surface area contributed by atoms with Crippen LogP contribution in [-0.4, -0.2) is 47.9 Å². The first kappa shape index (κ1) is 27.3. The van der Waals surface area contributed by atoms with E-state index in [0.717, 1.165) is 9.87 Å². The van der Waals surface area contributed by atoms with Crippen molar-refractivity contribution < 1.29 is 27.4 Å². The summed E-state index contributed by atoms with van der Waals surface area (Å²) in [6, 6.07) is 18.1. The summed E-state index contributed by atoms with van der Waals surface area (Å²) in [4.78, 5) is 12.9. The number of nitrogens with one attached hydrogen (secondary N) is 1. The van der Waals surface area contributed by atoms with Gasteiger partial charge in [0.2, 0.25) is 0 Å². The molecule has 0 bridgehead atoms. The van der Waals surface area contributed by atoms with Gasteiger partial charge in [0.1, 0.15) is 30.4 Å². The first-order valence-corrected chi connectivity index (χ1v) is 12.7.